The van der Waals surface area contributed by atoms with E-state index in [9.17, 15) is 0 Å². The molecule has 1 aromatic carbocycles. The number of nitrogens with one attached hydrogen (secondary N) is 1. The molecule has 0 bridgehead atoms. The first-order chi connectivity index (χ1) is 16.9. The van der Waals surface area contributed by atoms with Crippen LogP contribution in [0.1, 0.15) is 40.0 Å². The molecule has 0 aliphatic carbocycles. The fourth-order valence-corrected chi connectivity index (χ4v) is 5.46. The van der Waals surface area contributed by atoms with E-state index in [1.165, 1.54) is 29.8 Å². The second-order valence-electron chi connectivity index (χ2n) is 10.2. The maximum Gasteiger partial charge on any atom is 0.231 e. The second-order valence-corrected chi connectivity index (χ2v) is 11.2. The molecule has 0 unspecified atom stereocenters. The number of benzene rings is 1. The lowest BCUT2D eigenvalue weighted by atomic mass is 9.97. The Morgan fingerprint density at radius 2 is 1.94 bits per heavy atom. The minimum atomic E-state index is 0.227. The van der Waals surface area contributed by atoms with Crippen molar-refractivity contribution in [1.29, 1.82) is 0 Å². The van der Waals surface area contributed by atoms with Crippen molar-refractivity contribution >= 4 is 41.4 Å². The number of nitrogen functional groups attached to an aromatic ring is 1. The maximum atomic E-state index is 6.14. The summed E-state index contributed by atoms with van der Waals surface area (Å²) in [5, 5.41) is 3.58. The Balaban J connectivity index is 1.56. The van der Waals surface area contributed by atoms with Gasteiger partial charge in [0.1, 0.15) is 5.69 Å². The molecule has 9 heteroatoms. The van der Waals surface area contributed by atoms with Crippen LogP contribution in [0.15, 0.2) is 34.3 Å². The number of aromatic nitrogens is 1. The predicted octanol–water partition coefficient (Wildman–Crippen LogP) is 4.91. The molecular weight excluding hydrogens is 460 g/mol. The molecule has 2 aromatic rings. The Kier molecular flexibility index (Phi) is 8.28. The summed E-state index contributed by atoms with van der Waals surface area (Å²) in [7, 11) is 0. The van der Waals surface area contributed by atoms with Gasteiger partial charge in [0.25, 0.3) is 0 Å². The van der Waals surface area contributed by atoms with Gasteiger partial charge in [-0.15, -0.1) is 11.8 Å². The van der Waals surface area contributed by atoms with Crippen LogP contribution in [0.5, 0.6) is 11.5 Å². The molecule has 35 heavy (non-hydrogen) atoms. The number of anilines is 3. The number of pyridine rings is 1. The van der Waals surface area contributed by atoms with Crippen LogP contribution in [0, 0.1) is 5.41 Å². The zero-order valence-corrected chi connectivity index (χ0v) is 22.0. The van der Waals surface area contributed by atoms with Gasteiger partial charge in [0.05, 0.1) is 17.3 Å². The summed E-state index contributed by atoms with van der Waals surface area (Å²) in [6.45, 7) is 15.5. The molecule has 3 N–H and O–H groups in total. The van der Waals surface area contributed by atoms with Gasteiger partial charge in [-0.05, 0) is 43.5 Å². The first kappa shape index (κ1) is 25.4. The summed E-state index contributed by atoms with van der Waals surface area (Å²) in [4.78, 5) is 14.4. The van der Waals surface area contributed by atoms with E-state index < -0.39 is 0 Å². The Morgan fingerprint density at radius 3 is 2.66 bits per heavy atom. The van der Waals surface area contributed by atoms with Crippen LogP contribution in [0.3, 0.4) is 0 Å². The van der Waals surface area contributed by atoms with Crippen LogP contribution in [0.4, 0.5) is 22.9 Å². The highest BCUT2D eigenvalue weighted by Gasteiger charge is 2.23. The van der Waals surface area contributed by atoms with Crippen LogP contribution in [0.25, 0.3) is 0 Å². The number of ether oxygens (including phenoxy) is 2. The van der Waals surface area contributed by atoms with Crippen molar-refractivity contribution < 1.29 is 9.47 Å². The lowest BCUT2D eigenvalue weighted by molar-refractivity contribution is 0.174. The second kappa shape index (κ2) is 11.4. The van der Waals surface area contributed by atoms with E-state index in [-0.39, 0.29) is 12.2 Å². The van der Waals surface area contributed by atoms with Gasteiger partial charge in [-0.25, -0.2) is 4.98 Å². The highest BCUT2D eigenvalue weighted by molar-refractivity contribution is 7.99. The highest BCUT2D eigenvalue weighted by Crippen LogP contribution is 2.44. The van der Waals surface area contributed by atoms with Gasteiger partial charge >= 0.3 is 0 Å². The van der Waals surface area contributed by atoms with E-state index >= 15 is 0 Å². The van der Waals surface area contributed by atoms with Gasteiger partial charge in [0.2, 0.25) is 6.79 Å². The van der Waals surface area contributed by atoms with Crippen LogP contribution in [0.2, 0.25) is 0 Å². The molecule has 1 fully saturated rings. The van der Waals surface area contributed by atoms with E-state index in [0.29, 0.717) is 11.5 Å². The van der Waals surface area contributed by atoms with Crippen molar-refractivity contribution in [2.24, 2.45) is 10.4 Å². The first-order valence-corrected chi connectivity index (χ1v) is 13.3. The lowest BCUT2D eigenvalue weighted by Crippen LogP contribution is -2.35. The van der Waals surface area contributed by atoms with Gasteiger partial charge in [0, 0.05) is 49.9 Å². The third kappa shape index (κ3) is 6.52. The Morgan fingerprint density at radius 1 is 1.20 bits per heavy atom. The zero-order valence-electron chi connectivity index (χ0n) is 21.2. The summed E-state index contributed by atoms with van der Waals surface area (Å²) < 4.78 is 11.4. The Bertz CT molecular complexity index is 1020. The third-order valence-corrected chi connectivity index (χ3v) is 7.25. The number of rotatable bonds is 10. The lowest BCUT2D eigenvalue weighted by Gasteiger charge is -2.32. The maximum absolute atomic E-state index is 6.14. The summed E-state index contributed by atoms with van der Waals surface area (Å²) in [6.07, 6.45) is 5.46. The van der Waals surface area contributed by atoms with Crippen molar-refractivity contribution in [2.75, 3.05) is 60.9 Å². The van der Waals surface area contributed by atoms with Gasteiger partial charge in [-0.1, -0.05) is 20.8 Å². The fraction of sp³-hybridized carbons (Fsp3) is 0.538. The predicted molar refractivity (Wildman–Crippen MR) is 147 cm³/mol. The highest BCUT2D eigenvalue weighted by atomic mass is 32.2. The van der Waals surface area contributed by atoms with Crippen molar-refractivity contribution in [2.45, 2.75) is 44.9 Å². The van der Waals surface area contributed by atoms with Crippen molar-refractivity contribution in [1.82, 2.24) is 10.3 Å². The number of aliphatic imine (C=N–C) groups is 1. The minimum absolute atomic E-state index is 0.227. The number of piperidine rings is 1. The molecule has 2 aliphatic heterocycles. The molecular formula is C26H38N6O2S. The SMILES string of the molecule is C=Nc1c(N(CCNCC(C)(C)C)CSc2cc3c(cc2N2CCCCC2)OCO3)ccnc1N. The van der Waals surface area contributed by atoms with E-state index in [4.69, 9.17) is 15.2 Å². The monoisotopic (exact) mass is 498 g/mol. The Labute approximate surface area is 213 Å². The molecule has 1 saturated heterocycles. The minimum Gasteiger partial charge on any atom is -0.454 e. The quantitative estimate of drug-likeness (QED) is 0.207. The standard InChI is InChI=1S/C26H38N6O2S/c1-26(2,3)16-29-10-13-32(19-8-9-30-25(27)24(19)28-4)17-35-23-15-22-21(33-18-34-22)14-20(23)31-11-6-5-7-12-31/h8-9,14-15,29H,4-7,10-13,16-18H2,1-3H3,(H2,27,30). The van der Waals surface area contributed by atoms with Gasteiger partial charge in [-0.3, -0.25) is 4.99 Å². The van der Waals surface area contributed by atoms with E-state index in [1.807, 2.05) is 6.07 Å². The van der Waals surface area contributed by atoms with Crippen LogP contribution in [-0.4, -0.2) is 57.1 Å². The van der Waals surface area contributed by atoms with Crippen molar-refractivity contribution in [3.8, 4) is 11.5 Å². The topological polar surface area (TPSA) is 88.2 Å². The zero-order chi connectivity index (χ0) is 24.8. The average molecular weight is 499 g/mol. The Hall–Kier alpha value is -2.65. The average Bonchev–Trinajstić information content (AvgIpc) is 3.30. The number of thioether (sulfide) groups is 1. The molecule has 4 rings (SSSR count). The molecule has 0 radical (unpaired) electrons. The summed E-state index contributed by atoms with van der Waals surface area (Å²) >= 11 is 1.80. The van der Waals surface area contributed by atoms with Crippen LogP contribution >= 0.6 is 11.8 Å². The molecule has 190 valence electrons. The number of hydrogen-bond donors (Lipinski definition) is 2. The van der Waals surface area contributed by atoms with Crippen LogP contribution in [-0.2, 0) is 0 Å². The summed E-state index contributed by atoms with van der Waals surface area (Å²) in [6, 6.07) is 6.24. The van der Waals surface area contributed by atoms with Crippen molar-refractivity contribution in [3.05, 3.63) is 24.4 Å². The smallest absolute Gasteiger partial charge is 0.231 e. The molecule has 2 aliphatic rings. The molecule has 0 spiro atoms. The number of nitrogens with zero attached hydrogens (tertiary/aromatic N) is 4. The van der Waals surface area contributed by atoms with E-state index in [2.05, 4.69) is 64.7 Å². The molecule has 0 saturated carbocycles. The third-order valence-electron chi connectivity index (χ3n) is 6.17. The van der Waals surface area contributed by atoms with Crippen LogP contribution < -0.4 is 30.3 Å². The summed E-state index contributed by atoms with van der Waals surface area (Å²) in [5.74, 6) is 2.77. The number of nitrogens with two attached hydrogens (primary N) is 1. The van der Waals surface area contributed by atoms with Crippen molar-refractivity contribution in [3.63, 3.8) is 0 Å². The van der Waals surface area contributed by atoms with Gasteiger partial charge in [0.15, 0.2) is 17.3 Å². The molecule has 0 amide bonds. The number of hydrogen-bond acceptors (Lipinski definition) is 9. The molecule has 8 nitrogen and oxygen atoms in total. The van der Waals surface area contributed by atoms with Gasteiger partial charge in [-0.2, -0.15) is 0 Å². The first-order valence-electron chi connectivity index (χ1n) is 12.3. The summed E-state index contributed by atoms with van der Waals surface area (Å²) in [5.41, 5.74) is 9.16. The van der Waals surface area contributed by atoms with Gasteiger partial charge < -0.3 is 30.3 Å². The molecule has 3 heterocycles. The molecule has 0 atom stereocenters. The fourth-order valence-electron chi connectivity index (χ4n) is 4.37. The van der Waals surface area contributed by atoms with E-state index in [1.54, 1.807) is 18.0 Å². The normalized spacial score (nSPS) is 15.3. The van der Waals surface area contributed by atoms with E-state index in [0.717, 1.165) is 55.8 Å². The number of fused-ring (bicyclic) bond motifs is 1. The largest absolute Gasteiger partial charge is 0.454 e. The molecule has 1 aromatic heterocycles.